The average molecular weight is 292 g/mol. The minimum atomic E-state index is 0.00563. The number of nitrogens with zero attached hydrogens (tertiary/aromatic N) is 1. The van der Waals surface area contributed by atoms with Crippen molar-refractivity contribution in [2.75, 3.05) is 26.2 Å². The van der Waals surface area contributed by atoms with E-state index in [1.54, 1.807) is 0 Å². The SMILES string of the molecule is CCCN(CCC)C(=O)NCCOc1ccccc1CC. The molecule has 0 saturated heterocycles. The minimum absolute atomic E-state index is 0.00563. The van der Waals surface area contributed by atoms with Crippen LogP contribution >= 0.6 is 0 Å². The number of rotatable bonds is 9. The van der Waals surface area contributed by atoms with Gasteiger partial charge in [0.05, 0.1) is 6.54 Å². The van der Waals surface area contributed by atoms with E-state index in [4.69, 9.17) is 4.74 Å². The number of aryl methyl sites for hydroxylation is 1. The molecule has 2 amide bonds. The van der Waals surface area contributed by atoms with Gasteiger partial charge in [0.2, 0.25) is 0 Å². The molecule has 0 spiro atoms. The van der Waals surface area contributed by atoms with Crippen molar-refractivity contribution in [3.63, 3.8) is 0 Å². The van der Waals surface area contributed by atoms with Crippen molar-refractivity contribution in [1.82, 2.24) is 10.2 Å². The molecule has 0 radical (unpaired) electrons. The Labute approximate surface area is 128 Å². The van der Waals surface area contributed by atoms with Gasteiger partial charge < -0.3 is 15.0 Å². The molecule has 118 valence electrons. The average Bonchev–Trinajstić information content (AvgIpc) is 2.51. The van der Waals surface area contributed by atoms with Gasteiger partial charge in [-0.2, -0.15) is 0 Å². The van der Waals surface area contributed by atoms with Crippen LogP contribution < -0.4 is 10.1 Å². The number of benzene rings is 1. The highest BCUT2D eigenvalue weighted by atomic mass is 16.5. The van der Waals surface area contributed by atoms with Crippen molar-refractivity contribution in [2.24, 2.45) is 0 Å². The van der Waals surface area contributed by atoms with Crippen LogP contribution in [0.4, 0.5) is 4.79 Å². The number of carbonyl (C=O) groups excluding carboxylic acids is 1. The minimum Gasteiger partial charge on any atom is -0.491 e. The van der Waals surface area contributed by atoms with E-state index in [0.717, 1.165) is 38.1 Å². The summed E-state index contributed by atoms with van der Waals surface area (Å²) in [6.07, 6.45) is 2.91. The first kappa shape index (κ1) is 17.3. The molecule has 1 N–H and O–H groups in total. The molecular formula is C17H28N2O2. The number of carbonyl (C=O) groups is 1. The van der Waals surface area contributed by atoms with Gasteiger partial charge >= 0.3 is 6.03 Å². The van der Waals surface area contributed by atoms with Crippen LogP contribution in [0.25, 0.3) is 0 Å². The molecule has 0 fully saturated rings. The first-order valence-corrected chi connectivity index (χ1v) is 7.96. The fourth-order valence-electron chi connectivity index (χ4n) is 2.22. The molecule has 4 nitrogen and oxygen atoms in total. The van der Waals surface area contributed by atoms with Crippen LogP contribution in [0, 0.1) is 0 Å². The summed E-state index contributed by atoms with van der Waals surface area (Å²) in [7, 11) is 0. The summed E-state index contributed by atoms with van der Waals surface area (Å²) in [4.78, 5) is 13.9. The highest BCUT2D eigenvalue weighted by molar-refractivity contribution is 5.74. The summed E-state index contributed by atoms with van der Waals surface area (Å²) in [6, 6.07) is 8.03. The van der Waals surface area contributed by atoms with E-state index in [1.165, 1.54) is 5.56 Å². The topological polar surface area (TPSA) is 41.6 Å². The Morgan fingerprint density at radius 1 is 1.14 bits per heavy atom. The third-order valence-electron chi connectivity index (χ3n) is 3.26. The maximum atomic E-state index is 12.0. The van der Waals surface area contributed by atoms with Gasteiger partial charge in [-0.15, -0.1) is 0 Å². The monoisotopic (exact) mass is 292 g/mol. The third-order valence-corrected chi connectivity index (χ3v) is 3.26. The van der Waals surface area contributed by atoms with E-state index >= 15 is 0 Å². The molecule has 0 bridgehead atoms. The van der Waals surface area contributed by atoms with Crippen LogP contribution in [-0.4, -0.2) is 37.2 Å². The zero-order valence-corrected chi connectivity index (χ0v) is 13.5. The lowest BCUT2D eigenvalue weighted by atomic mass is 10.1. The van der Waals surface area contributed by atoms with Crippen molar-refractivity contribution < 1.29 is 9.53 Å². The highest BCUT2D eigenvalue weighted by Crippen LogP contribution is 2.17. The van der Waals surface area contributed by atoms with E-state index in [0.29, 0.717) is 13.2 Å². The van der Waals surface area contributed by atoms with Gasteiger partial charge in [0.25, 0.3) is 0 Å². The zero-order valence-electron chi connectivity index (χ0n) is 13.5. The fraction of sp³-hybridized carbons (Fsp3) is 0.588. The smallest absolute Gasteiger partial charge is 0.317 e. The van der Waals surface area contributed by atoms with Crippen LogP contribution in [0.15, 0.2) is 24.3 Å². The Hall–Kier alpha value is -1.71. The Kier molecular flexibility index (Phi) is 8.32. The van der Waals surface area contributed by atoms with Gasteiger partial charge in [0.15, 0.2) is 0 Å². The normalized spacial score (nSPS) is 10.2. The molecule has 0 saturated carbocycles. The van der Waals surface area contributed by atoms with E-state index in [1.807, 2.05) is 23.1 Å². The Bertz CT molecular complexity index is 415. The van der Waals surface area contributed by atoms with E-state index in [2.05, 4.69) is 32.2 Å². The van der Waals surface area contributed by atoms with Gasteiger partial charge in [-0.3, -0.25) is 0 Å². The molecule has 0 aromatic heterocycles. The van der Waals surface area contributed by atoms with Gasteiger partial charge in [0.1, 0.15) is 12.4 Å². The summed E-state index contributed by atoms with van der Waals surface area (Å²) < 4.78 is 5.74. The Morgan fingerprint density at radius 2 is 1.81 bits per heavy atom. The molecule has 21 heavy (non-hydrogen) atoms. The number of urea groups is 1. The molecule has 0 aliphatic rings. The molecule has 0 heterocycles. The Balaban J connectivity index is 2.34. The molecule has 0 aliphatic carbocycles. The molecule has 1 rings (SSSR count). The Morgan fingerprint density at radius 3 is 2.43 bits per heavy atom. The summed E-state index contributed by atoms with van der Waals surface area (Å²) >= 11 is 0. The maximum absolute atomic E-state index is 12.0. The number of amides is 2. The second kappa shape index (κ2) is 10.1. The van der Waals surface area contributed by atoms with Crippen molar-refractivity contribution in [3.8, 4) is 5.75 Å². The molecule has 1 aromatic carbocycles. The zero-order chi connectivity index (χ0) is 15.5. The summed E-state index contributed by atoms with van der Waals surface area (Å²) in [5.74, 6) is 0.910. The lowest BCUT2D eigenvalue weighted by Gasteiger charge is -2.22. The number of nitrogens with one attached hydrogen (secondary N) is 1. The van der Waals surface area contributed by atoms with Crippen LogP contribution in [0.2, 0.25) is 0 Å². The van der Waals surface area contributed by atoms with Crippen molar-refractivity contribution in [3.05, 3.63) is 29.8 Å². The van der Waals surface area contributed by atoms with E-state index in [9.17, 15) is 4.79 Å². The predicted octanol–water partition coefficient (Wildman–Crippen LogP) is 3.46. The van der Waals surface area contributed by atoms with Gasteiger partial charge in [0, 0.05) is 13.1 Å². The maximum Gasteiger partial charge on any atom is 0.317 e. The molecule has 0 aliphatic heterocycles. The van der Waals surface area contributed by atoms with Crippen LogP contribution in [0.5, 0.6) is 5.75 Å². The van der Waals surface area contributed by atoms with Gasteiger partial charge in [-0.1, -0.05) is 39.0 Å². The molecule has 0 atom stereocenters. The highest BCUT2D eigenvalue weighted by Gasteiger charge is 2.10. The van der Waals surface area contributed by atoms with Crippen molar-refractivity contribution in [1.29, 1.82) is 0 Å². The largest absolute Gasteiger partial charge is 0.491 e. The molecular weight excluding hydrogens is 264 g/mol. The first-order valence-electron chi connectivity index (χ1n) is 7.96. The standard InChI is InChI=1S/C17H28N2O2/c1-4-12-19(13-5-2)17(20)18-11-14-21-16-10-8-7-9-15(16)6-3/h7-10H,4-6,11-14H2,1-3H3,(H,18,20). The fourth-order valence-corrected chi connectivity index (χ4v) is 2.22. The lowest BCUT2D eigenvalue weighted by molar-refractivity contribution is 0.194. The first-order chi connectivity index (χ1) is 10.2. The summed E-state index contributed by atoms with van der Waals surface area (Å²) in [6.45, 7) is 8.91. The number of hydrogen-bond acceptors (Lipinski definition) is 2. The second-order valence-electron chi connectivity index (χ2n) is 5.03. The summed E-state index contributed by atoms with van der Waals surface area (Å²) in [5.41, 5.74) is 1.20. The number of para-hydroxylation sites is 1. The predicted molar refractivity (Wildman–Crippen MR) is 86.9 cm³/mol. The summed E-state index contributed by atoms with van der Waals surface area (Å²) in [5, 5.41) is 2.92. The van der Waals surface area contributed by atoms with Gasteiger partial charge in [-0.25, -0.2) is 4.79 Å². The van der Waals surface area contributed by atoms with Crippen LogP contribution in [0.1, 0.15) is 39.2 Å². The number of hydrogen-bond donors (Lipinski definition) is 1. The van der Waals surface area contributed by atoms with Crippen LogP contribution in [-0.2, 0) is 6.42 Å². The lowest BCUT2D eigenvalue weighted by Crippen LogP contribution is -2.42. The molecule has 0 unspecified atom stereocenters. The third kappa shape index (κ3) is 6.06. The van der Waals surface area contributed by atoms with Crippen molar-refractivity contribution >= 4 is 6.03 Å². The van der Waals surface area contributed by atoms with E-state index in [-0.39, 0.29) is 6.03 Å². The van der Waals surface area contributed by atoms with Crippen LogP contribution in [0.3, 0.4) is 0 Å². The molecule has 4 heteroatoms. The second-order valence-corrected chi connectivity index (χ2v) is 5.03. The quantitative estimate of drug-likeness (QED) is 0.708. The van der Waals surface area contributed by atoms with Crippen molar-refractivity contribution in [2.45, 2.75) is 40.0 Å². The molecule has 1 aromatic rings. The van der Waals surface area contributed by atoms with E-state index < -0.39 is 0 Å². The van der Waals surface area contributed by atoms with Gasteiger partial charge in [-0.05, 0) is 30.9 Å². The number of ether oxygens (including phenoxy) is 1.